The van der Waals surface area contributed by atoms with E-state index in [-0.39, 0.29) is 0 Å². The molecule has 0 atom stereocenters. The molecule has 0 aliphatic rings. The summed E-state index contributed by atoms with van der Waals surface area (Å²) in [4.78, 5) is 5.22. The molecule has 2 rings (SSSR count). The average Bonchev–Trinajstić information content (AvgIpc) is 2.71. The summed E-state index contributed by atoms with van der Waals surface area (Å²) in [5, 5.41) is 8.16. The molecular formula is C6H6N4S3. The standard InChI is InChI=1S/C6H6N4S3/c7-5-9-10-6(13-5)11-2-4-1-8-3-12-4/h1,3H,2H2,(H2,7,9). The first-order valence-corrected chi connectivity index (χ1v) is 6.12. The summed E-state index contributed by atoms with van der Waals surface area (Å²) in [5.74, 6) is 0.888. The molecule has 0 saturated heterocycles. The predicted octanol–water partition coefficient (Wildman–Crippen LogP) is 1.87. The zero-order valence-electron chi connectivity index (χ0n) is 6.51. The first kappa shape index (κ1) is 8.92. The van der Waals surface area contributed by atoms with Crippen molar-refractivity contribution >= 4 is 39.6 Å². The minimum absolute atomic E-state index is 0.520. The van der Waals surface area contributed by atoms with E-state index in [2.05, 4.69) is 15.2 Å². The number of thioether (sulfide) groups is 1. The molecule has 0 bridgehead atoms. The molecule has 0 spiro atoms. The fourth-order valence-corrected chi connectivity index (χ4v) is 3.00. The van der Waals surface area contributed by atoms with Gasteiger partial charge in [-0.05, 0) is 0 Å². The van der Waals surface area contributed by atoms with Gasteiger partial charge in [0.15, 0.2) is 4.34 Å². The molecule has 2 N–H and O–H groups in total. The average molecular weight is 230 g/mol. The van der Waals surface area contributed by atoms with Crippen molar-refractivity contribution in [2.75, 3.05) is 5.73 Å². The van der Waals surface area contributed by atoms with Gasteiger partial charge in [-0.1, -0.05) is 23.1 Å². The van der Waals surface area contributed by atoms with Gasteiger partial charge in [-0.25, -0.2) is 0 Å². The van der Waals surface area contributed by atoms with E-state index in [1.54, 1.807) is 23.1 Å². The van der Waals surface area contributed by atoms with E-state index in [4.69, 9.17) is 5.73 Å². The molecule has 7 heteroatoms. The van der Waals surface area contributed by atoms with Crippen molar-refractivity contribution in [3.8, 4) is 0 Å². The highest BCUT2D eigenvalue weighted by molar-refractivity contribution is 8.00. The smallest absolute Gasteiger partial charge is 0.203 e. The summed E-state index contributed by atoms with van der Waals surface area (Å²) < 4.78 is 0.908. The third-order valence-corrected chi connectivity index (χ3v) is 4.14. The molecule has 0 unspecified atom stereocenters. The van der Waals surface area contributed by atoms with Gasteiger partial charge in [-0.2, -0.15) is 0 Å². The SMILES string of the molecule is Nc1nnc(SCc2cncs2)s1. The summed E-state index contributed by atoms with van der Waals surface area (Å²) >= 11 is 4.69. The number of hydrogen-bond donors (Lipinski definition) is 1. The normalized spacial score (nSPS) is 10.5. The number of hydrogen-bond acceptors (Lipinski definition) is 7. The van der Waals surface area contributed by atoms with E-state index < -0.39 is 0 Å². The second-order valence-corrected chi connectivity index (χ2v) is 5.37. The van der Waals surface area contributed by atoms with Gasteiger partial charge >= 0.3 is 0 Å². The van der Waals surface area contributed by atoms with E-state index in [0.29, 0.717) is 5.13 Å². The lowest BCUT2D eigenvalue weighted by Crippen LogP contribution is -1.79. The Hall–Kier alpha value is -0.660. The predicted molar refractivity (Wildman–Crippen MR) is 56.0 cm³/mol. The zero-order valence-corrected chi connectivity index (χ0v) is 8.96. The number of anilines is 1. The second kappa shape index (κ2) is 4.03. The van der Waals surface area contributed by atoms with Crippen LogP contribution in [0.25, 0.3) is 0 Å². The summed E-state index contributed by atoms with van der Waals surface area (Å²) in [6.07, 6.45) is 1.86. The molecule has 2 aromatic heterocycles. The highest BCUT2D eigenvalue weighted by Gasteiger charge is 2.02. The van der Waals surface area contributed by atoms with Crippen LogP contribution in [0.1, 0.15) is 4.88 Å². The Kier molecular flexibility index (Phi) is 2.77. The van der Waals surface area contributed by atoms with Crippen LogP contribution in [-0.2, 0) is 5.75 Å². The maximum absolute atomic E-state index is 5.45. The van der Waals surface area contributed by atoms with Crippen molar-refractivity contribution in [3.05, 3.63) is 16.6 Å². The van der Waals surface area contributed by atoms with Crippen LogP contribution in [0.4, 0.5) is 5.13 Å². The van der Waals surface area contributed by atoms with Gasteiger partial charge in [0.2, 0.25) is 5.13 Å². The van der Waals surface area contributed by atoms with Crippen molar-refractivity contribution < 1.29 is 0 Å². The fraction of sp³-hybridized carbons (Fsp3) is 0.167. The van der Waals surface area contributed by atoms with Crippen LogP contribution in [-0.4, -0.2) is 15.2 Å². The maximum Gasteiger partial charge on any atom is 0.203 e. The lowest BCUT2D eigenvalue weighted by atomic mass is 10.6. The lowest BCUT2D eigenvalue weighted by molar-refractivity contribution is 1.02. The van der Waals surface area contributed by atoms with Crippen LogP contribution in [0.15, 0.2) is 16.0 Å². The largest absolute Gasteiger partial charge is 0.374 e. The molecule has 4 nitrogen and oxygen atoms in total. The molecule has 0 aromatic carbocycles. The van der Waals surface area contributed by atoms with Crippen LogP contribution in [0.3, 0.4) is 0 Å². The monoisotopic (exact) mass is 230 g/mol. The Morgan fingerprint density at radius 1 is 1.46 bits per heavy atom. The Balaban J connectivity index is 1.93. The van der Waals surface area contributed by atoms with Gasteiger partial charge in [0.1, 0.15) is 0 Å². The van der Waals surface area contributed by atoms with Gasteiger partial charge in [0.05, 0.1) is 5.51 Å². The van der Waals surface area contributed by atoms with Crippen LogP contribution >= 0.6 is 34.4 Å². The first-order valence-electron chi connectivity index (χ1n) is 3.44. The summed E-state index contributed by atoms with van der Waals surface area (Å²) in [6, 6.07) is 0. The number of nitrogens with two attached hydrogens (primary N) is 1. The molecule has 0 aliphatic heterocycles. The van der Waals surface area contributed by atoms with Crippen molar-refractivity contribution in [1.82, 2.24) is 15.2 Å². The molecule has 0 amide bonds. The molecule has 0 saturated carbocycles. The quantitative estimate of drug-likeness (QED) is 0.815. The summed E-state index contributed by atoms with van der Waals surface area (Å²) in [6.45, 7) is 0. The molecule has 0 radical (unpaired) electrons. The molecular weight excluding hydrogens is 224 g/mol. The molecule has 2 aromatic rings. The lowest BCUT2D eigenvalue weighted by Gasteiger charge is -1.90. The van der Waals surface area contributed by atoms with E-state index in [1.165, 1.54) is 16.2 Å². The molecule has 0 aliphatic carbocycles. The van der Waals surface area contributed by atoms with Crippen LogP contribution in [0.2, 0.25) is 0 Å². The van der Waals surface area contributed by atoms with Gasteiger partial charge in [-0.3, -0.25) is 4.98 Å². The Labute approximate surface area is 87.2 Å². The van der Waals surface area contributed by atoms with E-state index in [1.807, 2.05) is 11.7 Å². The van der Waals surface area contributed by atoms with Crippen molar-refractivity contribution in [3.63, 3.8) is 0 Å². The topological polar surface area (TPSA) is 64.7 Å². The zero-order chi connectivity index (χ0) is 9.10. The van der Waals surface area contributed by atoms with Gasteiger partial charge in [0.25, 0.3) is 0 Å². The third-order valence-electron chi connectivity index (χ3n) is 1.24. The number of thiazole rings is 1. The first-order chi connectivity index (χ1) is 6.34. The van der Waals surface area contributed by atoms with E-state index in [0.717, 1.165) is 10.1 Å². The Morgan fingerprint density at radius 3 is 3.00 bits per heavy atom. The summed E-state index contributed by atoms with van der Waals surface area (Å²) in [7, 11) is 0. The van der Waals surface area contributed by atoms with Crippen LogP contribution in [0, 0.1) is 0 Å². The molecule has 13 heavy (non-hydrogen) atoms. The van der Waals surface area contributed by atoms with Gasteiger partial charge in [-0.15, -0.1) is 21.5 Å². The minimum atomic E-state index is 0.520. The van der Waals surface area contributed by atoms with Crippen molar-refractivity contribution in [1.29, 1.82) is 0 Å². The third kappa shape index (κ3) is 2.39. The number of rotatable bonds is 3. The number of nitrogens with zero attached hydrogens (tertiary/aromatic N) is 3. The number of nitrogen functional groups attached to an aromatic ring is 1. The van der Waals surface area contributed by atoms with Gasteiger partial charge in [0, 0.05) is 16.8 Å². The van der Waals surface area contributed by atoms with Crippen molar-refractivity contribution in [2.24, 2.45) is 0 Å². The summed E-state index contributed by atoms with van der Waals surface area (Å²) in [5.41, 5.74) is 7.27. The molecule has 2 heterocycles. The van der Waals surface area contributed by atoms with E-state index >= 15 is 0 Å². The van der Waals surface area contributed by atoms with Crippen molar-refractivity contribution in [2.45, 2.75) is 10.1 Å². The van der Waals surface area contributed by atoms with Crippen LogP contribution < -0.4 is 5.73 Å². The van der Waals surface area contributed by atoms with Gasteiger partial charge < -0.3 is 5.73 Å². The highest BCUT2D eigenvalue weighted by Crippen LogP contribution is 2.27. The maximum atomic E-state index is 5.45. The van der Waals surface area contributed by atoms with Crippen LogP contribution in [0.5, 0.6) is 0 Å². The minimum Gasteiger partial charge on any atom is -0.374 e. The van der Waals surface area contributed by atoms with E-state index in [9.17, 15) is 0 Å². The Morgan fingerprint density at radius 2 is 2.38 bits per heavy atom. The fourth-order valence-electron chi connectivity index (χ4n) is 0.725. The molecule has 0 fully saturated rings. The second-order valence-electron chi connectivity index (χ2n) is 2.16. The number of aromatic nitrogens is 3. The molecule has 68 valence electrons. The Bertz CT molecular complexity index is 369. The highest BCUT2D eigenvalue weighted by atomic mass is 32.2.